The fraction of sp³-hybridized carbons (Fsp3) is 0.333. The Morgan fingerprint density at radius 3 is 2.53 bits per heavy atom. The third-order valence-corrected chi connectivity index (χ3v) is 6.85. The van der Waals surface area contributed by atoms with Crippen LogP contribution in [0.1, 0.15) is 48.6 Å². The highest BCUT2D eigenvalue weighted by Crippen LogP contribution is 2.26. The second kappa shape index (κ2) is 11.7. The quantitative estimate of drug-likeness (QED) is 0.362. The normalized spacial score (nSPS) is 12.0. The van der Waals surface area contributed by atoms with Gasteiger partial charge in [0.25, 0.3) is 5.91 Å². The molecular formula is C24H27Cl2N5O2S. The number of anilines is 1. The Balaban J connectivity index is 1.69. The molecule has 0 aliphatic rings. The summed E-state index contributed by atoms with van der Waals surface area (Å²) < 4.78 is 1.80. The maximum atomic E-state index is 12.9. The second-order valence-corrected chi connectivity index (χ2v) is 9.85. The van der Waals surface area contributed by atoms with Crippen molar-refractivity contribution in [3.05, 3.63) is 69.5 Å². The first-order valence-electron chi connectivity index (χ1n) is 10.9. The molecule has 0 fully saturated rings. The minimum atomic E-state index is -0.406. The number of carbonyl (C=O) groups is 2. The lowest BCUT2D eigenvalue weighted by Crippen LogP contribution is -2.33. The van der Waals surface area contributed by atoms with E-state index in [1.807, 2.05) is 52.1 Å². The van der Waals surface area contributed by atoms with E-state index in [0.717, 1.165) is 17.7 Å². The number of nitrogens with one attached hydrogen (secondary N) is 2. The monoisotopic (exact) mass is 519 g/mol. The minimum Gasteiger partial charge on any atom is -0.342 e. The molecule has 2 N–H and O–H groups in total. The van der Waals surface area contributed by atoms with E-state index in [9.17, 15) is 9.59 Å². The van der Waals surface area contributed by atoms with Crippen LogP contribution in [0.3, 0.4) is 0 Å². The highest BCUT2D eigenvalue weighted by atomic mass is 35.5. The van der Waals surface area contributed by atoms with Crippen LogP contribution in [-0.4, -0.2) is 32.3 Å². The van der Waals surface area contributed by atoms with E-state index in [1.54, 1.807) is 16.7 Å². The molecule has 34 heavy (non-hydrogen) atoms. The van der Waals surface area contributed by atoms with Gasteiger partial charge < -0.3 is 15.2 Å². The Hall–Kier alpha value is -2.55. The van der Waals surface area contributed by atoms with Crippen molar-refractivity contribution >= 4 is 52.5 Å². The van der Waals surface area contributed by atoms with Gasteiger partial charge in [0.2, 0.25) is 5.91 Å². The van der Waals surface area contributed by atoms with Crippen LogP contribution in [0.25, 0.3) is 0 Å². The zero-order valence-corrected chi connectivity index (χ0v) is 21.8. The summed E-state index contributed by atoms with van der Waals surface area (Å²) in [5.74, 6) is 0.355. The standard InChI is InChI=1S/C24H27Cl2N5O2S/c1-5-15-8-6-7-9-19(15)27-20(32)13-34-24-30-29-22(31(24)4)21(14(2)3)28-23(33)17-11-10-16(25)12-18(17)26/h6-12,14,21H,5,13H2,1-4H3,(H,27,32)(H,28,33)/t21-/m1/s1. The van der Waals surface area contributed by atoms with Gasteiger partial charge in [0.1, 0.15) is 0 Å². The molecular weight excluding hydrogens is 493 g/mol. The Morgan fingerprint density at radius 1 is 1.12 bits per heavy atom. The Labute approximate surface area is 213 Å². The number of thioether (sulfide) groups is 1. The number of nitrogens with zero attached hydrogens (tertiary/aromatic N) is 3. The summed E-state index contributed by atoms with van der Waals surface area (Å²) in [4.78, 5) is 25.4. The summed E-state index contributed by atoms with van der Waals surface area (Å²) >= 11 is 13.4. The maximum absolute atomic E-state index is 12.9. The van der Waals surface area contributed by atoms with Gasteiger partial charge in [-0.2, -0.15) is 0 Å². The number of aryl methyl sites for hydroxylation is 1. The van der Waals surface area contributed by atoms with E-state index in [0.29, 0.717) is 21.6 Å². The van der Waals surface area contributed by atoms with E-state index in [1.165, 1.54) is 17.8 Å². The molecule has 0 aliphatic carbocycles. The molecule has 2 amide bonds. The van der Waals surface area contributed by atoms with Gasteiger partial charge in [-0.05, 0) is 42.2 Å². The number of benzene rings is 2. The van der Waals surface area contributed by atoms with Crippen LogP contribution < -0.4 is 10.6 Å². The first-order valence-corrected chi connectivity index (χ1v) is 12.6. The van der Waals surface area contributed by atoms with E-state index in [-0.39, 0.29) is 28.5 Å². The number of rotatable bonds is 9. The molecule has 0 bridgehead atoms. The molecule has 1 atom stereocenters. The number of aromatic nitrogens is 3. The van der Waals surface area contributed by atoms with Crippen molar-refractivity contribution < 1.29 is 9.59 Å². The maximum Gasteiger partial charge on any atom is 0.253 e. The van der Waals surface area contributed by atoms with Gasteiger partial charge in [-0.15, -0.1) is 10.2 Å². The zero-order chi connectivity index (χ0) is 24.8. The van der Waals surface area contributed by atoms with Crippen LogP contribution in [0.15, 0.2) is 47.6 Å². The van der Waals surface area contributed by atoms with Crippen LogP contribution in [0.2, 0.25) is 10.0 Å². The predicted octanol–water partition coefficient (Wildman–Crippen LogP) is 5.54. The molecule has 7 nitrogen and oxygen atoms in total. The number of amides is 2. The fourth-order valence-electron chi connectivity index (χ4n) is 3.41. The third kappa shape index (κ3) is 6.31. The lowest BCUT2D eigenvalue weighted by atomic mass is 10.0. The first-order chi connectivity index (χ1) is 16.2. The topological polar surface area (TPSA) is 88.9 Å². The van der Waals surface area contributed by atoms with Gasteiger partial charge in [-0.1, -0.05) is 73.9 Å². The lowest BCUT2D eigenvalue weighted by Gasteiger charge is -2.22. The molecule has 2 aromatic carbocycles. The molecule has 0 unspecified atom stereocenters. The zero-order valence-electron chi connectivity index (χ0n) is 19.4. The average molecular weight is 520 g/mol. The third-order valence-electron chi connectivity index (χ3n) is 5.28. The molecule has 0 saturated carbocycles. The van der Waals surface area contributed by atoms with Crippen molar-refractivity contribution in [1.29, 1.82) is 0 Å². The molecule has 0 spiro atoms. The number of hydrogen-bond donors (Lipinski definition) is 2. The minimum absolute atomic E-state index is 0.0321. The molecule has 0 radical (unpaired) electrons. The van der Waals surface area contributed by atoms with E-state index >= 15 is 0 Å². The lowest BCUT2D eigenvalue weighted by molar-refractivity contribution is -0.113. The average Bonchev–Trinajstić information content (AvgIpc) is 3.16. The predicted molar refractivity (Wildman–Crippen MR) is 138 cm³/mol. The summed E-state index contributed by atoms with van der Waals surface area (Å²) in [6.07, 6.45) is 0.833. The van der Waals surface area contributed by atoms with Crippen LogP contribution in [0.5, 0.6) is 0 Å². The fourth-order valence-corrected chi connectivity index (χ4v) is 4.62. The highest BCUT2D eigenvalue weighted by Gasteiger charge is 2.26. The summed E-state index contributed by atoms with van der Waals surface area (Å²) in [7, 11) is 1.82. The van der Waals surface area contributed by atoms with Gasteiger partial charge in [0.15, 0.2) is 11.0 Å². The van der Waals surface area contributed by atoms with Gasteiger partial charge in [0, 0.05) is 17.8 Å². The largest absolute Gasteiger partial charge is 0.342 e. The van der Waals surface area contributed by atoms with Crippen molar-refractivity contribution in [1.82, 2.24) is 20.1 Å². The molecule has 10 heteroatoms. The van der Waals surface area contributed by atoms with Crippen LogP contribution in [-0.2, 0) is 18.3 Å². The highest BCUT2D eigenvalue weighted by molar-refractivity contribution is 7.99. The van der Waals surface area contributed by atoms with Gasteiger partial charge in [-0.3, -0.25) is 9.59 Å². The molecule has 1 aromatic heterocycles. The first kappa shape index (κ1) is 26.1. The van der Waals surface area contributed by atoms with Gasteiger partial charge in [-0.25, -0.2) is 0 Å². The molecule has 0 saturated heterocycles. The van der Waals surface area contributed by atoms with Crippen LogP contribution in [0, 0.1) is 5.92 Å². The molecule has 3 aromatic rings. The van der Waals surface area contributed by atoms with E-state index in [4.69, 9.17) is 23.2 Å². The summed E-state index contributed by atoms with van der Waals surface area (Å²) in [5, 5.41) is 15.8. The Kier molecular flexibility index (Phi) is 8.99. The van der Waals surface area contributed by atoms with E-state index in [2.05, 4.69) is 20.8 Å². The van der Waals surface area contributed by atoms with Crippen LogP contribution in [0.4, 0.5) is 5.69 Å². The van der Waals surface area contributed by atoms with E-state index < -0.39 is 6.04 Å². The molecule has 180 valence electrons. The number of carbonyl (C=O) groups excluding carboxylic acids is 2. The van der Waals surface area contributed by atoms with Gasteiger partial charge in [0.05, 0.1) is 22.4 Å². The smallest absolute Gasteiger partial charge is 0.253 e. The van der Waals surface area contributed by atoms with Gasteiger partial charge >= 0.3 is 0 Å². The summed E-state index contributed by atoms with van der Waals surface area (Å²) in [5.41, 5.74) is 2.23. The SMILES string of the molecule is CCc1ccccc1NC(=O)CSc1nnc([C@H](NC(=O)c2ccc(Cl)cc2Cl)C(C)C)n1C. The number of para-hydroxylation sites is 1. The number of halogens is 2. The van der Waals surface area contributed by atoms with Crippen molar-refractivity contribution in [3.8, 4) is 0 Å². The molecule has 0 aliphatic heterocycles. The van der Waals surface area contributed by atoms with Crippen molar-refractivity contribution in [2.24, 2.45) is 13.0 Å². The Morgan fingerprint density at radius 2 is 1.85 bits per heavy atom. The summed E-state index contributed by atoms with van der Waals surface area (Å²) in [6.45, 7) is 6.01. The summed E-state index contributed by atoms with van der Waals surface area (Å²) in [6, 6.07) is 12.1. The molecule has 3 rings (SSSR count). The van der Waals surface area contributed by atoms with Crippen molar-refractivity contribution in [2.75, 3.05) is 11.1 Å². The molecule has 1 heterocycles. The van der Waals surface area contributed by atoms with Crippen molar-refractivity contribution in [2.45, 2.75) is 38.4 Å². The Bertz CT molecular complexity index is 1180. The van der Waals surface area contributed by atoms with Crippen LogP contribution >= 0.6 is 35.0 Å². The number of hydrogen-bond acceptors (Lipinski definition) is 5. The second-order valence-electron chi connectivity index (χ2n) is 8.07. The van der Waals surface area contributed by atoms with Crippen molar-refractivity contribution in [3.63, 3.8) is 0 Å².